The SMILES string of the molecule is CC1(C)CCCN1C(=O)CC1CCCCC1N. The first-order valence-electron chi connectivity index (χ1n) is 7.07. The van der Waals surface area contributed by atoms with E-state index in [1.165, 1.54) is 12.8 Å². The van der Waals surface area contributed by atoms with E-state index in [9.17, 15) is 4.79 Å². The molecule has 1 aliphatic carbocycles. The van der Waals surface area contributed by atoms with Gasteiger partial charge in [-0.05, 0) is 45.4 Å². The van der Waals surface area contributed by atoms with Crippen LogP contribution in [0.4, 0.5) is 0 Å². The highest BCUT2D eigenvalue weighted by Crippen LogP contribution is 2.32. The van der Waals surface area contributed by atoms with Gasteiger partial charge in [0, 0.05) is 24.5 Å². The zero-order chi connectivity index (χ0) is 12.5. The number of amides is 1. The Kier molecular flexibility index (Phi) is 3.76. The summed E-state index contributed by atoms with van der Waals surface area (Å²) in [6.07, 6.45) is 7.67. The first-order chi connectivity index (χ1) is 8.00. The summed E-state index contributed by atoms with van der Waals surface area (Å²) in [5.41, 5.74) is 6.19. The Balaban J connectivity index is 1.92. The summed E-state index contributed by atoms with van der Waals surface area (Å²) in [6.45, 7) is 5.30. The highest BCUT2D eigenvalue weighted by Gasteiger charge is 2.36. The van der Waals surface area contributed by atoms with E-state index in [2.05, 4.69) is 18.7 Å². The Morgan fingerprint density at radius 2 is 2.00 bits per heavy atom. The van der Waals surface area contributed by atoms with Crippen LogP contribution in [0.2, 0.25) is 0 Å². The molecule has 3 heteroatoms. The molecule has 0 radical (unpaired) electrons. The average Bonchev–Trinajstić information content (AvgIpc) is 2.61. The van der Waals surface area contributed by atoms with Gasteiger partial charge >= 0.3 is 0 Å². The van der Waals surface area contributed by atoms with Gasteiger partial charge in [-0.2, -0.15) is 0 Å². The maximum atomic E-state index is 12.3. The lowest BCUT2D eigenvalue weighted by Crippen LogP contribution is -2.45. The Morgan fingerprint density at radius 3 is 2.59 bits per heavy atom. The summed E-state index contributed by atoms with van der Waals surface area (Å²) < 4.78 is 0. The second kappa shape index (κ2) is 4.97. The lowest BCUT2D eigenvalue weighted by molar-refractivity contribution is -0.135. The molecule has 1 aliphatic heterocycles. The van der Waals surface area contributed by atoms with E-state index in [1.807, 2.05) is 0 Å². The molecule has 1 heterocycles. The minimum atomic E-state index is 0.0653. The molecule has 1 saturated heterocycles. The summed E-state index contributed by atoms with van der Waals surface area (Å²) in [5, 5.41) is 0. The van der Waals surface area contributed by atoms with Crippen LogP contribution in [0.5, 0.6) is 0 Å². The highest BCUT2D eigenvalue weighted by atomic mass is 16.2. The third kappa shape index (κ3) is 2.82. The topological polar surface area (TPSA) is 46.3 Å². The number of carbonyl (C=O) groups excluding carboxylic acids is 1. The number of carbonyl (C=O) groups is 1. The first-order valence-corrected chi connectivity index (χ1v) is 7.07. The van der Waals surface area contributed by atoms with Crippen molar-refractivity contribution in [1.29, 1.82) is 0 Å². The Bertz CT molecular complexity index is 288. The van der Waals surface area contributed by atoms with Gasteiger partial charge in [-0.15, -0.1) is 0 Å². The summed E-state index contributed by atoms with van der Waals surface area (Å²) in [4.78, 5) is 14.4. The van der Waals surface area contributed by atoms with Crippen molar-refractivity contribution in [1.82, 2.24) is 4.90 Å². The third-order valence-electron chi connectivity index (χ3n) is 4.61. The molecular formula is C14H26N2O. The number of rotatable bonds is 2. The van der Waals surface area contributed by atoms with E-state index >= 15 is 0 Å². The van der Waals surface area contributed by atoms with Crippen LogP contribution in [-0.2, 0) is 4.79 Å². The Morgan fingerprint density at radius 1 is 1.29 bits per heavy atom. The summed E-state index contributed by atoms with van der Waals surface area (Å²) in [6, 6.07) is 0.249. The molecule has 2 aliphatic rings. The second-order valence-electron chi connectivity index (χ2n) is 6.37. The summed E-state index contributed by atoms with van der Waals surface area (Å²) in [5.74, 6) is 0.752. The first kappa shape index (κ1) is 12.9. The quantitative estimate of drug-likeness (QED) is 0.802. The van der Waals surface area contributed by atoms with Crippen LogP contribution >= 0.6 is 0 Å². The number of likely N-dealkylation sites (tertiary alicyclic amines) is 1. The predicted octanol–water partition coefficient (Wildman–Crippen LogP) is 2.30. The molecule has 2 rings (SSSR count). The van der Waals surface area contributed by atoms with Gasteiger partial charge in [0.05, 0.1) is 0 Å². The van der Waals surface area contributed by atoms with Crippen molar-refractivity contribution in [3.05, 3.63) is 0 Å². The van der Waals surface area contributed by atoms with Crippen LogP contribution in [0.1, 0.15) is 58.8 Å². The molecule has 0 aromatic carbocycles. The van der Waals surface area contributed by atoms with Crippen LogP contribution in [0, 0.1) is 5.92 Å². The number of nitrogens with zero attached hydrogens (tertiary/aromatic N) is 1. The molecule has 2 fully saturated rings. The fourth-order valence-electron chi connectivity index (χ4n) is 3.39. The van der Waals surface area contributed by atoms with E-state index in [1.54, 1.807) is 0 Å². The highest BCUT2D eigenvalue weighted by molar-refractivity contribution is 5.77. The fraction of sp³-hybridized carbons (Fsp3) is 0.929. The number of nitrogens with two attached hydrogens (primary N) is 1. The van der Waals surface area contributed by atoms with E-state index in [-0.39, 0.29) is 11.6 Å². The molecule has 2 unspecified atom stereocenters. The standard InChI is InChI=1S/C14H26N2O/c1-14(2)8-5-9-16(14)13(17)10-11-6-3-4-7-12(11)15/h11-12H,3-10,15H2,1-2H3. The van der Waals surface area contributed by atoms with Crippen molar-refractivity contribution in [2.24, 2.45) is 11.7 Å². The fourth-order valence-corrected chi connectivity index (χ4v) is 3.39. The number of hydrogen-bond acceptors (Lipinski definition) is 2. The van der Waals surface area contributed by atoms with Crippen LogP contribution in [0.25, 0.3) is 0 Å². The number of hydrogen-bond donors (Lipinski definition) is 1. The molecule has 17 heavy (non-hydrogen) atoms. The largest absolute Gasteiger partial charge is 0.338 e. The van der Waals surface area contributed by atoms with E-state index in [0.29, 0.717) is 18.2 Å². The average molecular weight is 238 g/mol. The van der Waals surface area contributed by atoms with Gasteiger partial charge in [0.1, 0.15) is 0 Å². The third-order valence-corrected chi connectivity index (χ3v) is 4.61. The van der Waals surface area contributed by atoms with Crippen LogP contribution < -0.4 is 5.73 Å². The van der Waals surface area contributed by atoms with Gasteiger partial charge in [-0.1, -0.05) is 12.8 Å². The van der Waals surface area contributed by atoms with E-state index in [4.69, 9.17) is 5.73 Å². The zero-order valence-corrected chi connectivity index (χ0v) is 11.2. The summed E-state index contributed by atoms with van der Waals surface area (Å²) >= 11 is 0. The molecule has 2 N–H and O–H groups in total. The molecule has 0 aromatic heterocycles. The van der Waals surface area contributed by atoms with Gasteiger partial charge < -0.3 is 10.6 Å². The summed E-state index contributed by atoms with van der Waals surface area (Å²) in [7, 11) is 0. The van der Waals surface area contributed by atoms with Gasteiger partial charge in [-0.3, -0.25) is 4.79 Å². The molecule has 3 nitrogen and oxygen atoms in total. The minimum Gasteiger partial charge on any atom is -0.338 e. The van der Waals surface area contributed by atoms with Crippen molar-refractivity contribution in [3.63, 3.8) is 0 Å². The van der Waals surface area contributed by atoms with Crippen LogP contribution in [-0.4, -0.2) is 28.9 Å². The smallest absolute Gasteiger partial charge is 0.223 e. The van der Waals surface area contributed by atoms with E-state index < -0.39 is 0 Å². The van der Waals surface area contributed by atoms with Crippen molar-refractivity contribution in [2.75, 3.05) is 6.54 Å². The van der Waals surface area contributed by atoms with Crippen LogP contribution in [0.3, 0.4) is 0 Å². The Hall–Kier alpha value is -0.570. The molecule has 1 amide bonds. The monoisotopic (exact) mass is 238 g/mol. The lowest BCUT2D eigenvalue weighted by atomic mass is 9.82. The molecule has 0 bridgehead atoms. The van der Waals surface area contributed by atoms with E-state index in [0.717, 1.165) is 32.2 Å². The van der Waals surface area contributed by atoms with Crippen LogP contribution in [0.15, 0.2) is 0 Å². The lowest BCUT2D eigenvalue weighted by Gasteiger charge is -2.35. The normalized spacial score (nSPS) is 32.8. The van der Waals surface area contributed by atoms with Gasteiger partial charge in [0.2, 0.25) is 5.91 Å². The predicted molar refractivity (Wildman–Crippen MR) is 69.6 cm³/mol. The van der Waals surface area contributed by atoms with Gasteiger partial charge in [0.15, 0.2) is 0 Å². The minimum absolute atomic E-state index is 0.0653. The molecule has 1 saturated carbocycles. The molecule has 98 valence electrons. The second-order valence-corrected chi connectivity index (χ2v) is 6.37. The molecule has 2 atom stereocenters. The van der Waals surface area contributed by atoms with Gasteiger partial charge in [-0.25, -0.2) is 0 Å². The molecular weight excluding hydrogens is 212 g/mol. The molecule has 0 spiro atoms. The zero-order valence-electron chi connectivity index (χ0n) is 11.2. The maximum absolute atomic E-state index is 12.3. The van der Waals surface area contributed by atoms with Crippen molar-refractivity contribution < 1.29 is 4.79 Å². The maximum Gasteiger partial charge on any atom is 0.223 e. The van der Waals surface area contributed by atoms with Crippen molar-refractivity contribution in [2.45, 2.75) is 70.4 Å². The Labute approximate surface area is 105 Å². The van der Waals surface area contributed by atoms with Crippen molar-refractivity contribution >= 4 is 5.91 Å². The van der Waals surface area contributed by atoms with Crippen molar-refractivity contribution in [3.8, 4) is 0 Å². The molecule has 0 aromatic rings. The van der Waals surface area contributed by atoms with Gasteiger partial charge in [0.25, 0.3) is 0 Å².